The van der Waals surface area contributed by atoms with Crippen LogP contribution in [-0.2, 0) is 0 Å². The van der Waals surface area contributed by atoms with Crippen LogP contribution in [0, 0.1) is 5.92 Å². The zero-order chi connectivity index (χ0) is 14.0. The third-order valence-corrected chi connectivity index (χ3v) is 4.17. The van der Waals surface area contributed by atoms with E-state index >= 15 is 0 Å². The molecule has 0 saturated heterocycles. The van der Waals surface area contributed by atoms with Crippen LogP contribution in [0.3, 0.4) is 0 Å². The van der Waals surface area contributed by atoms with E-state index < -0.39 is 0 Å². The number of aliphatic hydroxyl groups is 1. The first kappa shape index (κ1) is 15.3. The maximum atomic E-state index is 9.90. The largest absolute Gasteiger partial charge is 0.393 e. The molecule has 1 saturated carbocycles. The third-order valence-electron chi connectivity index (χ3n) is 4.17. The highest BCUT2D eigenvalue weighted by atomic mass is 16.3. The number of hydrogen-bond acceptors (Lipinski definition) is 2. The van der Waals surface area contributed by atoms with Crippen molar-refractivity contribution in [2.24, 2.45) is 5.92 Å². The van der Waals surface area contributed by atoms with E-state index in [4.69, 9.17) is 0 Å². The monoisotopic (exact) mass is 273 g/mol. The minimum Gasteiger partial charge on any atom is -0.393 e. The molecule has 2 nitrogen and oxygen atoms in total. The van der Waals surface area contributed by atoms with Gasteiger partial charge in [-0.3, -0.25) is 0 Å². The van der Waals surface area contributed by atoms with Gasteiger partial charge in [-0.15, -0.1) is 0 Å². The van der Waals surface area contributed by atoms with Gasteiger partial charge in [-0.2, -0.15) is 0 Å². The molecule has 0 heterocycles. The molecule has 1 aromatic rings. The molecule has 0 aliphatic heterocycles. The van der Waals surface area contributed by atoms with Crippen molar-refractivity contribution in [1.82, 2.24) is 5.32 Å². The molecule has 1 fully saturated rings. The average Bonchev–Trinajstić information content (AvgIpc) is 2.49. The first-order valence-corrected chi connectivity index (χ1v) is 7.96. The van der Waals surface area contributed by atoms with E-state index in [0.29, 0.717) is 5.92 Å². The second-order valence-electron chi connectivity index (χ2n) is 5.77. The number of benzene rings is 1. The van der Waals surface area contributed by atoms with Crippen LogP contribution in [0.15, 0.2) is 36.4 Å². The molecule has 0 bridgehead atoms. The fraction of sp³-hybridized carbons (Fsp3) is 0.556. The number of nitrogens with one attached hydrogen (secondary N) is 1. The van der Waals surface area contributed by atoms with Gasteiger partial charge < -0.3 is 10.4 Å². The van der Waals surface area contributed by atoms with Crippen molar-refractivity contribution in [3.05, 3.63) is 42.0 Å². The minimum absolute atomic E-state index is 0.0401. The molecule has 20 heavy (non-hydrogen) atoms. The maximum absolute atomic E-state index is 9.90. The molecule has 1 aliphatic carbocycles. The van der Waals surface area contributed by atoms with Crippen molar-refractivity contribution in [1.29, 1.82) is 0 Å². The minimum atomic E-state index is -0.0401. The smallest absolute Gasteiger partial charge is 0.0568 e. The van der Waals surface area contributed by atoms with Crippen molar-refractivity contribution >= 4 is 6.08 Å². The van der Waals surface area contributed by atoms with Crippen LogP contribution in [0.5, 0.6) is 0 Å². The van der Waals surface area contributed by atoms with Gasteiger partial charge in [-0.1, -0.05) is 55.3 Å². The Morgan fingerprint density at radius 3 is 2.75 bits per heavy atom. The molecule has 2 unspecified atom stereocenters. The lowest BCUT2D eigenvalue weighted by atomic mass is 9.83. The van der Waals surface area contributed by atoms with Crippen LogP contribution < -0.4 is 5.32 Å². The zero-order valence-electron chi connectivity index (χ0n) is 12.3. The highest BCUT2D eigenvalue weighted by Gasteiger charge is 2.21. The molecular formula is C18H27NO. The predicted octanol–water partition coefficient (Wildman–Crippen LogP) is 3.62. The first-order chi connectivity index (χ1) is 9.86. The number of rotatable bonds is 7. The van der Waals surface area contributed by atoms with Crippen LogP contribution in [-0.4, -0.2) is 24.3 Å². The van der Waals surface area contributed by atoms with Gasteiger partial charge in [0.05, 0.1) is 6.10 Å². The summed E-state index contributed by atoms with van der Waals surface area (Å²) in [5, 5.41) is 13.3. The highest BCUT2D eigenvalue weighted by molar-refractivity contribution is 5.48. The van der Waals surface area contributed by atoms with Crippen molar-refractivity contribution in [2.75, 3.05) is 13.1 Å². The van der Waals surface area contributed by atoms with E-state index in [1.807, 2.05) is 6.07 Å². The van der Waals surface area contributed by atoms with E-state index in [1.165, 1.54) is 31.2 Å². The van der Waals surface area contributed by atoms with Crippen molar-refractivity contribution in [3.8, 4) is 0 Å². The summed E-state index contributed by atoms with van der Waals surface area (Å²) >= 11 is 0. The highest BCUT2D eigenvalue weighted by Crippen LogP contribution is 2.27. The summed E-state index contributed by atoms with van der Waals surface area (Å²) in [4.78, 5) is 0. The van der Waals surface area contributed by atoms with Crippen LogP contribution in [0.1, 0.15) is 44.1 Å². The maximum Gasteiger partial charge on any atom is 0.0568 e. The summed E-state index contributed by atoms with van der Waals surface area (Å²) in [6, 6.07) is 10.4. The second kappa shape index (κ2) is 8.93. The van der Waals surface area contributed by atoms with Crippen LogP contribution in [0.2, 0.25) is 0 Å². The Morgan fingerprint density at radius 2 is 1.95 bits per heavy atom. The fourth-order valence-corrected chi connectivity index (χ4v) is 2.96. The van der Waals surface area contributed by atoms with E-state index in [2.05, 4.69) is 41.7 Å². The second-order valence-corrected chi connectivity index (χ2v) is 5.77. The SMILES string of the molecule is OC1CCCCC1CCCNC/C=C/c1ccccc1. The third kappa shape index (κ3) is 5.48. The summed E-state index contributed by atoms with van der Waals surface area (Å²) in [6.07, 6.45) is 11.4. The van der Waals surface area contributed by atoms with Crippen LogP contribution in [0.25, 0.3) is 6.08 Å². The Morgan fingerprint density at radius 1 is 1.15 bits per heavy atom. The summed E-state index contributed by atoms with van der Waals surface area (Å²) in [5.74, 6) is 0.547. The Bertz CT molecular complexity index is 388. The quantitative estimate of drug-likeness (QED) is 0.744. The Hall–Kier alpha value is -1.12. The normalized spacial score (nSPS) is 23.2. The Kier molecular flexibility index (Phi) is 6.82. The molecule has 0 spiro atoms. The van der Waals surface area contributed by atoms with E-state index in [9.17, 15) is 5.11 Å². The first-order valence-electron chi connectivity index (χ1n) is 7.96. The molecule has 0 aromatic heterocycles. The van der Waals surface area contributed by atoms with Gasteiger partial charge >= 0.3 is 0 Å². The summed E-state index contributed by atoms with van der Waals surface area (Å²) in [6.45, 7) is 1.96. The summed E-state index contributed by atoms with van der Waals surface area (Å²) in [7, 11) is 0. The van der Waals surface area contributed by atoms with Gasteiger partial charge in [0.1, 0.15) is 0 Å². The van der Waals surface area contributed by atoms with Crippen LogP contribution >= 0.6 is 0 Å². The van der Waals surface area contributed by atoms with Gasteiger partial charge in [0.15, 0.2) is 0 Å². The van der Waals surface area contributed by atoms with Gasteiger partial charge in [-0.25, -0.2) is 0 Å². The van der Waals surface area contributed by atoms with E-state index in [0.717, 1.165) is 25.9 Å². The standard InChI is InChI=1S/C18H27NO/c20-18-13-5-4-11-17(18)12-7-15-19-14-6-10-16-8-2-1-3-9-16/h1-3,6,8-10,17-20H,4-5,7,11-15H2/b10-6+. The lowest BCUT2D eigenvalue weighted by molar-refractivity contribution is 0.0643. The molecule has 110 valence electrons. The molecule has 2 rings (SSSR count). The number of hydrogen-bond donors (Lipinski definition) is 2. The lowest BCUT2D eigenvalue weighted by Gasteiger charge is -2.27. The molecular weight excluding hydrogens is 246 g/mol. The lowest BCUT2D eigenvalue weighted by Crippen LogP contribution is -2.25. The average molecular weight is 273 g/mol. The fourth-order valence-electron chi connectivity index (χ4n) is 2.96. The van der Waals surface area contributed by atoms with Gasteiger partial charge in [-0.05, 0) is 43.7 Å². The van der Waals surface area contributed by atoms with E-state index in [1.54, 1.807) is 0 Å². The zero-order valence-corrected chi connectivity index (χ0v) is 12.3. The van der Waals surface area contributed by atoms with Crippen molar-refractivity contribution in [2.45, 2.75) is 44.6 Å². The summed E-state index contributed by atoms with van der Waals surface area (Å²) in [5.41, 5.74) is 1.25. The van der Waals surface area contributed by atoms with Gasteiger partial charge in [0, 0.05) is 6.54 Å². The Labute approximate surface area is 122 Å². The molecule has 1 aliphatic rings. The Balaban J connectivity index is 1.52. The van der Waals surface area contributed by atoms with Gasteiger partial charge in [0.2, 0.25) is 0 Å². The van der Waals surface area contributed by atoms with Crippen molar-refractivity contribution in [3.63, 3.8) is 0 Å². The predicted molar refractivity (Wildman–Crippen MR) is 85.5 cm³/mol. The molecule has 2 atom stereocenters. The van der Waals surface area contributed by atoms with Gasteiger partial charge in [0.25, 0.3) is 0 Å². The van der Waals surface area contributed by atoms with Crippen LogP contribution in [0.4, 0.5) is 0 Å². The van der Waals surface area contributed by atoms with E-state index in [-0.39, 0.29) is 6.10 Å². The molecule has 1 aromatic carbocycles. The number of aliphatic hydroxyl groups excluding tert-OH is 1. The molecule has 0 radical (unpaired) electrons. The molecule has 2 N–H and O–H groups in total. The summed E-state index contributed by atoms with van der Waals surface area (Å²) < 4.78 is 0. The van der Waals surface area contributed by atoms with Crippen molar-refractivity contribution < 1.29 is 5.11 Å². The topological polar surface area (TPSA) is 32.3 Å². The molecule has 2 heteroatoms. The molecule has 0 amide bonds.